The van der Waals surface area contributed by atoms with E-state index in [4.69, 9.17) is 0 Å². The smallest absolute Gasteiger partial charge is 0.492 e. The van der Waals surface area contributed by atoms with Gasteiger partial charge in [-0.25, -0.2) is 0 Å². The van der Waals surface area contributed by atoms with Gasteiger partial charge in [-0.1, -0.05) is 0 Å². The van der Waals surface area contributed by atoms with Gasteiger partial charge in [0, 0.05) is 6.54 Å². The number of nitrogens with zero attached hydrogens (tertiary/aromatic N) is 1. The predicted molar refractivity (Wildman–Crippen MR) is 24.8 cm³/mol. The molecule has 0 aromatic heterocycles. The second-order valence-electron chi connectivity index (χ2n) is 0.821. The first kappa shape index (κ1) is 6.76. The van der Waals surface area contributed by atoms with Gasteiger partial charge in [0.1, 0.15) is 0 Å². The number of thioether (sulfide) groups is 1. The Morgan fingerprint density at radius 3 is 2.67 bits per heavy atom. The van der Waals surface area contributed by atoms with Crippen molar-refractivity contribution in [3.63, 3.8) is 0 Å². The van der Waals surface area contributed by atoms with E-state index < -0.39 is 0 Å². The fraction of sp³-hybridized carbons (Fsp3) is 0.667. The second-order valence-corrected chi connectivity index (χ2v) is 1.70. The van der Waals surface area contributed by atoms with Crippen LogP contribution in [0, 0.1) is 0 Å². The van der Waals surface area contributed by atoms with E-state index in [1.54, 1.807) is 11.8 Å². The maximum absolute atomic E-state index is 3.80. The molecule has 0 aliphatic carbocycles. The van der Waals surface area contributed by atoms with Crippen molar-refractivity contribution in [2.75, 3.05) is 12.3 Å². The molecule has 1 rings (SSSR count). The van der Waals surface area contributed by atoms with E-state index in [9.17, 15) is 0 Å². The van der Waals surface area contributed by atoms with Crippen LogP contribution in [0.15, 0.2) is 4.99 Å². The zero-order chi connectivity index (χ0) is 3.54. The molecule has 0 saturated heterocycles. The minimum atomic E-state index is 0. The Morgan fingerprint density at radius 2 is 2.50 bits per heavy atom. The third-order valence-corrected chi connectivity index (χ3v) is 1.08. The molecule has 0 aromatic carbocycles. The molecule has 38 valence electrons. The summed E-state index contributed by atoms with van der Waals surface area (Å²) in [7, 11) is 0. The Kier molecular flexibility index (Phi) is 4.43. The van der Waals surface area contributed by atoms with Crippen LogP contribution in [0.3, 0.4) is 0 Å². The van der Waals surface area contributed by atoms with Crippen LogP contribution in [0.4, 0.5) is 0 Å². The Hall–Kier alpha value is 0.760. The van der Waals surface area contributed by atoms with E-state index in [0.29, 0.717) is 0 Å². The molecular weight excluding hydrogens is 279 g/mol. The van der Waals surface area contributed by atoms with Gasteiger partial charge in [-0.2, -0.15) is 0 Å². The molecular formula is C3H4AuNS. The summed E-state index contributed by atoms with van der Waals surface area (Å²) in [5.41, 5.74) is 2.76. The summed E-state index contributed by atoms with van der Waals surface area (Å²) in [6.07, 6.45) is 0. The van der Waals surface area contributed by atoms with Gasteiger partial charge in [0.2, 0.25) is 0 Å². The standard InChI is InChI=1S/C3H4NS.Au/c1-2-5-3-4-1;/h1-2H2;/q-1;+1. The molecule has 0 amide bonds. The summed E-state index contributed by atoms with van der Waals surface area (Å²) in [5, 5.41) is 0. The third kappa shape index (κ3) is 2.03. The number of rotatable bonds is 0. The van der Waals surface area contributed by atoms with E-state index >= 15 is 0 Å². The van der Waals surface area contributed by atoms with Crippen molar-refractivity contribution in [3.8, 4) is 0 Å². The van der Waals surface area contributed by atoms with E-state index in [2.05, 4.69) is 10.5 Å². The summed E-state index contributed by atoms with van der Waals surface area (Å²) < 4.78 is 0. The maximum Gasteiger partial charge on any atom is 1.00 e. The molecule has 0 unspecified atom stereocenters. The summed E-state index contributed by atoms with van der Waals surface area (Å²) >= 11 is 1.66. The Bertz CT molecular complexity index is 48.8. The van der Waals surface area contributed by atoms with Gasteiger partial charge in [-0.05, 0) is 5.75 Å². The van der Waals surface area contributed by atoms with Gasteiger partial charge in [-0.3, -0.25) is 0 Å². The van der Waals surface area contributed by atoms with E-state index in [1.165, 1.54) is 0 Å². The normalized spacial score (nSPS) is 17.3. The van der Waals surface area contributed by atoms with Crippen molar-refractivity contribution in [1.82, 2.24) is 0 Å². The largest absolute Gasteiger partial charge is 1.00 e. The zero-order valence-corrected chi connectivity index (χ0v) is 6.05. The van der Waals surface area contributed by atoms with Gasteiger partial charge in [0.15, 0.2) is 0 Å². The quantitative estimate of drug-likeness (QED) is 0.469. The molecule has 1 aliphatic rings. The number of hydrogen-bond donors (Lipinski definition) is 0. The van der Waals surface area contributed by atoms with E-state index in [-0.39, 0.29) is 22.4 Å². The minimum Gasteiger partial charge on any atom is -0.492 e. The first-order chi connectivity index (χ1) is 2.50. The van der Waals surface area contributed by atoms with Crippen LogP contribution < -0.4 is 0 Å². The average Bonchev–Trinajstić information content (AvgIpc) is 1.76. The predicted octanol–water partition coefficient (Wildman–Crippen LogP) is 0.636. The summed E-state index contributed by atoms with van der Waals surface area (Å²) in [5.74, 6) is 1.14. The fourth-order valence-electron chi connectivity index (χ4n) is 0.228. The fourth-order valence-corrected chi connectivity index (χ4v) is 0.685. The summed E-state index contributed by atoms with van der Waals surface area (Å²) in [4.78, 5) is 3.80. The van der Waals surface area contributed by atoms with Crippen LogP contribution in [0.2, 0.25) is 0 Å². The maximum atomic E-state index is 3.80. The van der Waals surface area contributed by atoms with Crippen molar-refractivity contribution in [2.45, 2.75) is 0 Å². The molecule has 0 fully saturated rings. The van der Waals surface area contributed by atoms with Crippen LogP contribution >= 0.6 is 11.8 Å². The van der Waals surface area contributed by atoms with E-state index in [1.807, 2.05) is 0 Å². The third-order valence-electron chi connectivity index (χ3n) is 0.434. The molecule has 0 spiro atoms. The molecule has 1 nitrogen and oxygen atoms in total. The minimum absolute atomic E-state index is 0. The molecule has 0 bridgehead atoms. The van der Waals surface area contributed by atoms with Crippen molar-refractivity contribution in [3.05, 3.63) is 0 Å². The first-order valence-corrected chi connectivity index (χ1v) is 2.52. The molecule has 0 atom stereocenters. The zero-order valence-electron chi connectivity index (χ0n) is 3.07. The molecule has 6 heavy (non-hydrogen) atoms. The van der Waals surface area contributed by atoms with Crippen molar-refractivity contribution in [1.29, 1.82) is 0 Å². The topological polar surface area (TPSA) is 12.4 Å². The van der Waals surface area contributed by atoms with Crippen LogP contribution in [-0.2, 0) is 22.4 Å². The second kappa shape index (κ2) is 3.93. The molecule has 0 N–H and O–H groups in total. The van der Waals surface area contributed by atoms with Gasteiger partial charge < -0.3 is 22.3 Å². The van der Waals surface area contributed by atoms with Crippen LogP contribution in [-0.4, -0.2) is 17.8 Å². The van der Waals surface area contributed by atoms with Gasteiger partial charge in [-0.15, -0.1) is 0 Å². The first-order valence-electron chi connectivity index (χ1n) is 1.53. The van der Waals surface area contributed by atoms with Gasteiger partial charge >= 0.3 is 22.4 Å². The molecule has 0 saturated carbocycles. The molecule has 0 radical (unpaired) electrons. The summed E-state index contributed by atoms with van der Waals surface area (Å²) in [6, 6.07) is 0. The molecule has 0 aromatic rings. The van der Waals surface area contributed by atoms with Crippen LogP contribution in [0.1, 0.15) is 0 Å². The van der Waals surface area contributed by atoms with Crippen LogP contribution in [0.25, 0.3) is 0 Å². The SMILES string of the molecule is [Au+].[C-]1=NCCS1. The Balaban J connectivity index is 0.000000250. The molecule has 1 aliphatic heterocycles. The van der Waals surface area contributed by atoms with Gasteiger partial charge in [0.25, 0.3) is 0 Å². The Morgan fingerprint density at radius 1 is 1.67 bits per heavy atom. The van der Waals surface area contributed by atoms with Crippen LogP contribution in [0.5, 0.6) is 0 Å². The van der Waals surface area contributed by atoms with E-state index in [0.717, 1.165) is 12.3 Å². The number of hydrogen-bond acceptors (Lipinski definition) is 2. The van der Waals surface area contributed by atoms with Gasteiger partial charge in [0.05, 0.1) is 0 Å². The monoisotopic (exact) mass is 283 g/mol. The van der Waals surface area contributed by atoms with Crippen molar-refractivity contribution in [2.24, 2.45) is 4.99 Å². The average molecular weight is 283 g/mol. The molecule has 3 heteroatoms. The van der Waals surface area contributed by atoms with Crippen molar-refractivity contribution >= 4 is 17.3 Å². The Labute approximate surface area is 57.1 Å². The molecule has 1 heterocycles. The summed E-state index contributed by atoms with van der Waals surface area (Å²) in [6.45, 7) is 0.977. The van der Waals surface area contributed by atoms with Crippen molar-refractivity contribution < 1.29 is 22.4 Å². The number of aliphatic imine (C=N–C) groups is 1.